The largest absolute Gasteiger partial charge is 0.370 e. The molecule has 0 aliphatic carbocycles. The van der Waals surface area contributed by atoms with Crippen LogP contribution in [0, 0.1) is 0 Å². The van der Waals surface area contributed by atoms with E-state index in [-0.39, 0.29) is 22.4 Å². The summed E-state index contributed by atoms with van der Waals surface area (Å²) in [5, 5.41) is 4.01. The van der Waals surface area contributed by atoms with Crippen LogP contribution in [0.2, 0.25) is 10.0 Å². The van der Waals surface area contributed by atoms with Gasteiger partial charge in [0, 0.05) is 23.5 Å². The van der Waals surface area contributed by atoms with Crippen LogP contribution in [0.15, 0.2) is 33.9 Å². The molecule has 1 aromatic carbocycles. The molecule has 0 atom stereocenters. The molecule has 3 rings (SSSR count). The molecule has 140 valence electrons. The van der Waals surface area contributed by atoms with Crippen molar-refractivity contribution in [3.63, 3.8) is 0 Å². The lowest BCUT2D eigenvalue weighted by Crippen LogP contribution is -2.42. The van der Waals surface area contributed by atoms with E-state index in [9.17, 15) is 13.2 Å². The molecular weight excluding hydrogens is 419 g/mol. The maximum absolute atomic E-state index is 12.6. The van der Waals surface area contributed by atoms with Crippen molar-refractivity contribution in [1.82, 2.24) is 4.90 Å². The van der Waals surface area contributed by atoms with Crippen LogP contribution in [0.3, 0.4) is 0 Å². The van der Waals surface area contributed by atoms with Crippen LogP contribution in [-0.4, -0.2) is 45.5 Å². The number of thiophene rings is 1. The van der Waals surface area contributed by atoms with Gasteiger partial charge in [0.25, 0.3) is 10.0 Å². The third-order valence-corrected chi connectivity index (χ3v) is 6.78. The lowest BCUT2D eigenvalue weighted by Gasteiger charge is -2.26. The van der Waals surface area contributed by atoms with E-state index in [2.05, 4.69) is 4.72 Å². The summed E-state index contributed by atoms with van der Waals surface area (Å²) >= 11 is 13.2. The highest BCUT2D eigenvalue weighted by molar-refractivity contribution is 7.92. The quantitative estimate of drug-likeness (QED) is 0.756. The first-order valence-electron chi connectivity index (χ1n) is 7.75. The monoisotopic (exact) mass is 434 g/mol. The Hall–Kier alpha value is -1.32. The first kappa shape index (κ1) is 19.4. The Labute approximate surface area is 165 Å². The van der Waals surface area contributed by atoms with E-state index in [1.54, 1.807) is 10.3 Å². The van der Waals surface area contributed by atoms with Crippen LogP contribution in [0.5, 0.6) is 0 Å². The fourth-order valence-electron chi connectivity index (χ4n) is 2.54. The Morgan fingerprint density at radius 2 is 2.08 bits per heavy atom. The van der Waals surface area contributed by atoms with Gasteiger partial charge in [0.05, 0.1) is 17.3 Å². The van der Waals surface area contributed by atoms with Gasteiger partial charge in [-0.05, 0) is 35.6 Å². The van der Waals surface area contributed by atoms with Crippen molar-refractivity contribution in [2.45, 2.75) is 11.3 Å². The summed E-state index contributed by atoms with van der Waals surface area (Å²) in [7, 11) is -3.84. The minimum absolute atomic E-state index is 0.0379. The smallest absolute Gasteiger partial charge is 0.263 e. The zero-order valence-corrected chi connectivity index (χ0v) is 16.7. The Kier molecular flexibility index (Phi) is 6.09. The molecule has 6 nitrogen and oxygen atoms in total. The van der Waals surface area contributed by atoms with E-state index < -0.39 is 10.0 Å². The number of hydrogen-bond acceptors (Lipinski definition) is 5. The van der Waals surface area contributed by atoms with Crippen molar-refractivity contribution in [2.75, 3.05) is 31.0 Å². The van der Waals surface area contributed by atoms with Gasteiger partial charge in [-0.3, -0.25) is 9.52 Å². The molecule has 1 aliphatic rings. The molecule has 0 saturated carbocycles. The molecule has 2 heterocycles. The van der Waals surface area contributed by atoms with Crippen molar-refractivity contribution in [3.8, 4) is 0 Å². The number of hydrogen-bond donors (Lipinski definition) is 1. The highest BCUT2D eigenvalue weighted by Crippen LogP contribution is 2.29. The number of nitrogens with zero attached hydrogens (tertiary/aromatic N) is 1. The second-order valence-corrected chi connectivity index (χ2v) is 8.91. The molecule has 0 spiro atoms. The predicted molar refractivity (Wildman–Crippen MR) is 103 cm³/mol. The molecular formula is C16H16Cl2N2O4S2. The Balaban J connectivity index is 1.72. The van der Waals surface area contributed by atoms with Crippen LogP contribution in [-0.2, 0) is 26.0 Å². The second kappa shape index (κ2) is 8.14. The van der Waals surface area contributed by atoms with Crippen molar-refractivity contribution in [3.05, 3.63) is 44.6 Å². The molecule has 1 aliphatic heterocycles. The van der Waals surface area contributed by atoms with Gasteiger partial charge in [-0.2, -0.15) is 0 Å². The summed E-state index contributed by atoms with van der Waals surface area (Å²) in [6, 6.07) is 4.22. The van der Waals surface area contributed by atoms with E-state index in [1.807, 2.05) is 5.38 Å². The van der Waals surface area contributed by atoms with Crippen LogP contribution in [0.4, 0.5) is 5.69 Å². The number of sulfonamides is 1. The van der Waals surface area contributed by atoms with E-state index in [0.29, 0.717) is 36.8 Å². The molecule has 0 radical (unpaired) electrons. The van der Waals surface area contributed by atoms with E-state index >= 15 is 0 Å². The fourth-order valence-corrected chi connectivity index (χ4v) is 5.31. The summed E-state index contributed by atoms with van der Waals surface area (Å²) in [6.07, 6.45) is 0.543. The van der Waals surface area contributed by atoms with Crippen molar-refractivity contribution < 1.29 is 17.9 Å². The number of ether oxygens (including phenoxy) is 1. The minimum Gasteiger partial charge on any atom is -0.370 e. The molecule has 10 heteroatoms. The summed E-state index contributed by atoms with van der Waals surface area (Å²) < 4.78 is 32.9. The number of carbonyl (C=O) groups excluding carboxylic acids is 1. The van der Waals surface area contributed by atoms with Crippen LogP contribution < -0.4 is 4.72 Å². The number of amides is 1. The number of benzene rings is 1. The zero-order valence-electron chi connectivity index (χ0n) is 13.6. The van der Waals surface area contributed by atoms with Crippen LogP contribution in [0.1, 0.15) is 5.56 Å². The summed E-state index contributed by atoms with van der Waals surface area (Å²) in [6.45, 7) is 1.67. The summed E-state index contributed by atoms with van der Waals surface area (Å²) in [5.74, 6) is -0.0541. The maximum atomic E-state index is 12.6. The normalized spacial score (nSPS) is 15.3. The highest BCUT2D eigenvalue weighted by atomic mass is 35.5. The average Bonchev–Trinajstić information content (AvgIpc) is 3.00. The lowest BCUT2D eigenvalue weighted by atomic mass is 10.2. The number of anilines is 1. The van der Waals surface area contributed by atoms with Gasteiger partial charge in [0.1, 0.15) is 11.5 Å². The topological polar surface area (TPSA) is 75.7 Å². The van der Waals surface area contributed by atoms with Gasteiger partial charge < -0.3 is 9.64 Å². The number of halogens is 2. The van der Waals surface area contributed by atoms with E-state index in [0.717, 1.165) is 5.56 Å². The molecule has 26 heavy (non-hydrogen) atoms. The number of carbonyl (C=O) groups is 1. The van der Waals surface area contributed by atoms with Gasteiger partial charge in [-0.25, -0.2) is 8.42 Å². The van der Waals surface area contributed by atoms with Gasteiger partial charge in [-0.15, -0.1) is 11.3 Å². The number of rotatable bonds is 6. The molecule has 2 aromatic rings. The van der Waals surface area contributed by atoms with Crippen molar-refractivity contribution in [2.24, 2.45) is 0 Å². The van der Waals surface area contributed by atoms with Gasteiger partial charge in [0.15, 0.2) is 0 Å². The minimum atomic E-state index is -3.84. The van der Waals surface area contributed by atoms with Crippen molar-refractivity contribution >= 4 is 56.2 Å². The molecule has 1 saturated heterocycles. The summed E-state index contributed by atoms with van der Waals surface area (Å²) in [4.78, 5) is 13.5. The molecule has 1 fully saturated rings. The zero-order chi connectivity index (χ0) is 18.7. The second-order valence-electron chi connectivity index (χ2n) is 5.67. The van der Waals surface area contributed by atoms with Gasteiger partial charge >= 0.3 is 0 Å². The highest BCUT2D eigenvalue weighted by Gasteiger charge is 2.22. The Morgan fingerprint density at radius 1 is 1.27 bits per heavy atom. The molecule has 1 N–H and O–H groups in total. The lowest BCUT2D eigenvalue weighted by molar-refractivity contribution is -0.142. The van der Waals surface area contributed by atoms with E-state index in [1.165, 1.54) is 29.5 Å². The predicted octanol–water partition coefficient (Wildman–Crippen LogP) is 3.26. The third-order valence-electron chi connectivity index (χ3n) is 3.90. The maximum Gasteiger partial charge on any atom is 0.263 e. The molecule has 1 aromatic heterocycles. The fraction of sp³-hybridized carbons (Fsp3) is 0.312. The Morgan fingerprint density at radius 3 is 2.81 bits per heavy atom. The first-order chi connectivity index (χ1) is 12.4. The number of nitrogens with one attached hydrogen (secondary N) is 1. The number of morpholine rings is 1. The van der Waals surface area contributed by atoms with Crippen molar-refractivity contribution in [1.29, 1.82) is 0 Å². The van der Waals surface area contributed by atoms with Gasteiger partial charge in [0.2, 0.25) is 5.91 Å². The van der Waals surface area contributed by atoms with E-state index in [4.69, 9.17) is 27.9 Å². The third kappa shape index (κ3) is 4.50. The molecule has 0 bridgehead atoms. The van der Waals surface area contributed by atoms with Gasteiger partial charge in [-0.1, -0.05) is 23.2 Å². The van der Waals surface area contributed by atoms with Crippen LogP contribution in [0.25, 0.3) is 0 Å². The first-order valence-corrected chi connectivity index (χ1v) is 10.9. The standard InChI is InChI=1S/C16H16Cl2N2O4S2/c17-12-1-2-15(13(18)7-12)26(22,23)19-14-10-25-9-11(14)3-4-20-5-6-24-8-16(20)21/h1-2,7,9-10,19H,3-6,8H2. The SMILES string of the molecule is O=C1COCCN1CCc1cscc1NS(=O)(=O)c1ccc(Cl)cc1Cl. The molecule has 1 amide bonds. The molecule has 0 unspecified atom stereocenters. The average molecular weight is 435 g/mol. The Bertz CT molecular complexity index is 915. The van der Waals surface area contributed by atoms with Crippen LogP contribution >= 0.6 is 34.5 Å². The summed E-state index contributed by atoms with van der Waals surface area (Å²) in [5.41, 5.74) is 1.31.